The van der Waals surface area contributed by atoms with E-state index in [1.807, 2.05) is 24.3 Å². The Hall–Kier alpha value is -1.75. The summed E-state index contributed by atoms with van der Waals surface area (Å²) in [6, 6.07) is 7.54. The van der Waals surface area contributed by atoms with Crippen molar-refractivity contribution in [1.29, 1.82) is 0 Å². The van der Waals surface area contributed by atoms with E-state index in [9.17, 15) is 9.59 Å². The predicted octanol–water partition coefficient (Wildman–Crippen LogP) is 2.82. The molecular formula is C17H23ClN2O3. The first kappa shape index (κ1) is 17.6. The lowest BCUT2D eigenvalue weighted by Crippen LogP contribution is -2.45. The molecule has 0 atom stereocenters. The fourth-order valence-corrected chi connectivity index (χ4v) is 2.88. The van der Waals surface area contributed by atoms with Crippen molar-refractivity contribution in [2.45, 2.75) is 19.3 Å². The minimum Gasteiger partial charge on any atom is -0.465 e. The van der Waals surface area contributed by atoms with Gasteiger partial charge in [0.05, 0.1) is 12.5 Å². The number of rotatable bonds is 4. The van der Waals surface area contributed by atoms with Gasteiger partial charge in [0.15, 0.2) is 0 Å². The average molecular weight is 339 g/mol. The summed E-state index contributed by atoms with van der Waals surface area (Å²) in [4.78, 5) is 27.3. The molecule has 0 bridgehead atoms. The third kappa shape index (κ3) is 5.13. The summed E-state index contributed by atoms with van der Waals surface area (Å²) < 4.78 is 5.37. The van der Waals surface area contributed by atoms with E-state index in [4.69, 9.17) is 16.3 Å². The molecule has 1 aromatic carbocycles. The maximum atomic E-state index is 12.1. The zero-order valence-corrected chi connectivity index (χ0v) is 14.4. The fraction of sp³-hybridized carbons (Fsp3) is 0.529. The Morgan fingerprint density at radius 2 is 2.00 bits per heavy atom. The van der Waals surface area contributed by atoms with Crippen LogP contribution in [0.1, 0.15) is 18.4 Å². The van der Waals surface area contributed by atoms with Crippen LogP contribution in [0, 0.1) is 5.92 Å². The largest absolute Gasteiger partial charge is 0.465 e. The molecule has 1 aliphatic rings. The minimum absolute atomic E-state index is 0.00206. The molecule has 0 unspecified atom stereocenters. The Balaban J connectivity index is 1.72. The van der Waals surface area contributed by atoms with Gasteiger partial charge in [0.1, 0.15) is 0 Å². The number of likely N-dealkylation sites (tertiary alicyclic amines) is 1. The van der Waals surface area contributed by atoms with E-state index in [0.29, 0.717) is 44.0 Å². The summed E-state index contributed by atoms with van der Waals surface area (Å²) in [5.74, 6) is -0.274. The zero-order valence-electron chi connectivity index (χ0n) is 13.6. The molecule has 5 nitrogen and oxygen atoms in total. The summed E-state index contributed by atoms with van der Waals surface area (Å²) in [5.41, 5.74) is 1.05. The Morgan fingerprint density at radius 3 is 2.61 bits per heavy atom. The Labute approximate surface area is 142 Å². The first-order chi connectivity index (χ1) is 11.0. The monoisotopic (exact) mass is 338 g/mol. The molecule has 126 valence electrons. The van der Waals surface area contributed by atoms with Gasteiger partial charge in [-0.25, -0.2) is 4.79 Å². The molecule has 1 aromatic rings. The highest BCUT2D eigenvalue weighted by Crippen LogP contribution is 2.19. The van der Waals surface area contributed by atoms with Gasteiger partial charge in [-0.1, -0.05) is 23.7 Å². The van der Waals surface area contributed by atoms with Crippen molar-refractivity contribution < 1.29 is 14.3 Å². The van der Waals surface area contributed by atoms with Crippen LogP contribution < -0.4 is 0 Å². The van der Waals surface area contributed by atoms with Crippen LogP contribution in [0.2, 0.25) is 5.02 Å². The van der Waals surface area contributed by atoms with Crippen LogP contribution in [0.3, 0.4) is 0 Å². The van der Waals surface area contributed by atoms with Gasteiger partial charge in [-0.05, 0) is 30.5 Å². The molecular weight excluding hydrogens is 316 g/mol. The van der Waals surface area contributed by atoms with E-state index in [1.54, 1.807) is 23.9 Å². The van der Waals surface area contributed by atoms with Crippen molar-refractivity contribution in [3.8, 4) is 0 Å². The molecule has 0 spiro atoms. The van der Waals surface area contributed by atoms with Crippen LogP contribution >= 0.6 is 11.6 Å². The minimum atomic E-state index is -0.163. The van der Waals surface area contributed by atoms with Crippen LogP contribution in [0.5, 0.6) is 0 Å². The number of hydrogen-bond donors (Lipinski definition) is 0. The van der Waals surface area contributed by atoms with E-state index in [1.165, 1.54) is 0 Å². The van der Waals surface area contributed by atoms with E-state index >= 15 is 0 Å². The van der Waals surface area contributed by atoms with Crippen LogP contribution in [0.15, 0.2) is 24.3 Å². The second-order valence-electron chi connectivity index (χ2n) is 5.99. The third-order valence-corrected chi connectivity index (χ3v) is 4.24. The van der Waals surface area contributed by atoms with Crippen LogP contribution in [0.25, 0.3) is 0 Å². The number of piperidine rings is 1. The molecule has 1 fully saturated rings. The molecule has 0 saturated carbocycles. The highest BCUT2D eigenvalue weighted by atomic mass is 35.5. The number of urea groups is 1. The van der Waals surface area contributed by atoms with Crippen molar-refractivity contribution in [3.63, 3.8) is 0 Å². The molecule has 0 radical (unpaired) electrons. The number of halogens is 1. The molecule has 23 heavy (non-hydrogen) atoms. The maximum Gasteiger partial charge on any atom is 0.319 e. The van der Waals surface area contributed by atoms with Gasteiger partial charge in [-0.2, -0.15) is 0 Å². The summed E-state index contributed by atoms with van der Waals surface area (Å²) in [6.45, 7) is 1.56. The Morgan fingerprint density at radius 1 is 1.30 bits per heavy atom. The standard InChI is InChI=1S/C17H23ClN2O3/c1-19(2)17(22)20-9-6-14(7-10-20)16(21)23-11-8-13-4-3-5-15(18)12-13/h3-5,12,14H,6-11H2,1-2H3. The third-order valence-electron chi connectivity index (χ3n) is 4.01. The average Bonchev–Trinajstić information content (AvgIpc) is 2.54. The normalized spacial score (nSPS) is 15.3. The van der Waals surface area contributed by atoms with Gasteiger partial charge in [0, 0.05) is 38.6 Å². The van der Waals surface area contributed by atoms with Crippen molar-refractivity contribution in [2.24, 2.45) is 5.92 Å². The van der Waals surface area contributed by atoms with E-state index in [0.717, 1.165) is 5.56 Å². The molecule has 0 aliphatic carbocycles. The SMILES string of the molecule is CN(C)C(=O)N1CCC(C(=O)OCCc2cccc(Cl)c2)CC1. The quantitative estimate of drug-likeness (QED) is 0.793. The summed E-state index contributed by atoms with van der Waals surface area (Å²) >= 11 is 5.93. The van der Waals surface area contributed by atoms with Crippen molar-refractivity contribution in [1.82, 2.24) is 9.80 Å². The lowest BCUT2D eigenvalue weighted by atomic mass is 9.97. The molecule has 6 heteroatoms. The molecule has 2 rings (SSSR count). The van der Waals surface area contributed by atoms with Gasteiger partial charge >= 0.3 is 12.0 Å². The Kier molecular flexibility index (Phi) is 6.28. The van der Waals surface area contributed by atoms with E-state index in [-0.39, 0.29) is 17.9 Å². The number of hydrogen-bond acceptors (Lipinski definition) is 3. The maximum absolute atomic E-state index is 12.1. The molecule has 1 heterocycles. The van der Waals surface area contributed by atoms with E-state index in [2.05, 4.69) is 0 Å². The van der Waals surface area contributed by atoms with Gasteiger partial charge in [-0.15, -0.1) is 0 Å². The van der Waals surface area contributed by atoms with Crippen LogP contribution in [-0.2, 0) is 16.0 Å². The molecule has 2 amide bonds. The van der Waals surface area contributed by atoms with Crippen molar-refractivity contribution >= 4 is 23.6 Å². The number of esters is 1. The van der Waals surface area contributed by atoms with Gasteiger partial charge in [-0.3, -0.25) is 4.79 Å². The first-order valence-electron chi connectivity index (χ1n) is 7.84. The predicted molar refractivity (Wildman–Crippen MR) is 89.5 cm³/mol. The highest BCUT2D eigenvalue weighted by molar-refractivity contribution is 6.30. The van der Waals surface area contributed by atoms with Gasteiger partial charge < -0.3 is 14.5 Å². The second kappa shape index (κ2) is 8.20. The number of benzene rings is 1. The number of carbonyl (C=O) groups is 2. The summed E-state index contributed by atoms with van der Waals surface area (Å²) in [6.07, 6.45) is 1.98. The number of carbonyl (C=O) groups excluding carboxylic acids is 2. The highest BCUT2D eigenvalue weighted by Gasteiger charge is 2.28. The number of amides is 2. The van der Waals surface area contributed by atoms with Crippen LogP contribution in [0.4, 0.5) is 4.79 Å². The Bertz CT molecular complexity index is 555. The van der Waals surface area contributed by atoms with E-state index < -0.39 is 0 Å². The van der Waals surface area contributed by atoms with Crippen molar-refractivity contribution in [2.75, 3.05) is 33.8 Å². The molecule has 1 aliphatic heterocycles. The van der Waals surface area contributed by atoms with Gasteiger partial charge in [0.25, 0.3) is 0 Å². The second-order valence-corrected chi connectivity index (χ2v) is 6.42. The topological polar surface area (TPSA) is 49.9 Å². The summed E-state index contributed by atoms with van der Waals surface area (Å²) in [5, 5.41) is 0.687. The number of ether oxygens (including phenoxy) is 1. The smallest absolute Gasteiger partial charge is 0.319 e. The lowest BCUT2D eigenvalue weighted by Gasteiger charge is -2.32. The van der Waals surface area contributed by atoms with Gasteiger partial charge in [0.2, 0.25) is 0 Å². The molecule has 0 aromatic heterocycles. The summed E-state index contributed by atoms with van der Waals surface area (Å²) in [7, 11) is 3.47. The number of nitrogens with zero attached hydrogens (tertiary/aromatic N) is 2. The first-order valence-corrected chi connectivity index (χ1v) is 8.22. The fourth-order valence-electron chi connectivity index (χ4n) is 2.67. The zero-order chi connectivity index (χ0) is 16.8. The lowest BCUT2D eigenvalue weighted by molar-refractivity contribution is -0.149. The van der Waals surface area contributed by atoms with Crippen LogP contribution in [-0.4, -0.2) is 55.6 Å². The van der Waals surface area contributed by atoms with Crippen molar-refractivity contribution in [3.05, 3.63) is 34.9 Å². The molecule has 0 N–H and O–H groups in total. The molecule has 1 saturated heterocycles.